The SMILES string of the molecule is NC(CCC1CCCC1)Cc1cc(F)cc(F)c1. The number of nitrogens with two attached hydrogens (primary N) is 1. The van der Waals surface area contributed by atoms with E-state index < -0.39 is 11.6 Å². The van der Waals surface area contributed by atoms with Gasteiger partial charge in [0.25, 0.3) is 0 Å². The Morgan fingerprint density at radius 3 is 2.33 bits per heavy atom. The monoisotopic (exact) mass is 253 g/mol. The summed E-state index contributed by atoms with van der Waals surface area (Å²) in [5.41, 5.74) is 6.70. The van der Waals surface area contributed by atoms with Crippen molar-refractivity contribution in [2.45, 2.75) is 51.0 Å². The molecule has 0 bridgehead atoms. The van der Waals surface area contributed by atoms with Crippen molar-refractivity contribution >= 4 is 0 Å². The highest BCUT2D eigenvalue weighted by Crippen LogP contribution is 2.29. The van der Waals surface area contributed by atoms with Gasteiger partial charge < -0.3 is 5.73 Å². The van der Waals surface area contributed by atoms with Crippen molar-refractivity contribution in [1.82, 2.24) is 0 Å². The Bertz CT molecular complexity index is 366. The molecule has 1 fully saturated rings. The average molecular weight is 253 g/mol. The molecule has 1 nitrogen and oxygen atoms in total. The molecule has 100 valence electrons. The minimum absolute atomic E-state index is 0.00630. The molecule has 0 saturated heterocycles. The van der Waals surface area contributed by atoms with Gasteiger partial charge in [0.1, 0.15) is 11.6 Å². The van der Waals surface area contributed by atoms with E-state index in [1.807, 2.05) is 0 Å². The molecule has 1 aromatic rings. The third-order valence-corrected chi connectivity index (χ3v) is 3.84. The zero-order valence-corrected chi connectivity index (χ0v) is 10.7. The van der Waals surface area contributed by atoms with Gasteiger partial charge in [-0.05, 0) is 42.9 Å². The van der Waals surface area contributed by atoms with E-state index in [4.69, 9.17) is 5.73 Å². The molecule has 0 amide bonds. The zero-order chi connectivity index (χ0) is 13.0. The molecule has 0 heterocycles. The van der Waals surface area contributed by atoms with Crippen LogP contribution in [0.15, 0.2) is 18.2 Å². The smallest absolute Gasteiger partial charge is 0.126 e. The number of rotatable bonds is 5. The lowest BCUT2D eigenvalue weighted by Gasteiger charge is -2.14. The molecule has 1 saturated carbocycles. The van der Waals surface area contributed by atoms with Gasteiger partial charge in [-0.2, -0.15) is 0 Å². The molecular formula is C15H21F2N. The summed E-state index contributed by atoms with van der Waals surface area (Å²) in [6.45, 7) is 0. The highest BCUT2D eigenvalue weighted by molar-refractivity contribution is 5.18. The van der Waals surface area contributed by atoms with Crippen LogP contribution in [0.25, 0.3) is 0 Å². The van der Waals surface area contributed by atoms with Crippen molar-refractivity contribution in [1.29, 1.82) is 0 Å². The molecule has 0 radical (unpaired) electrons. The fraction of sp³-hybridized carbons (Fsp3) is 0.600. The van der Waals surface area contributed by atoms with E-state index in [-0.39, 0.29) is 6.04 Å². The second-order valence-electron chi connectivity index (χ2n) is 5.47. The van der Waals surface area contributed by atoms with Gasteiger partial charge in [-0.15, -0.1) is 0 Å². The Balaban J connectivity index is 1.80. The van der Waals surface area contributed by atoms with Crippen LogP contribution in [0.1, 0.15) is 44.1 Å². The maximum atomic E-state index is 13.0. The van der Waals surface area contributed by atoms with Crippen molar-refractivity contribution in [3.63, 3.8) is 0 Å². The molecule has 0 aromatic heterocycles. The van der Waals surface area contributed by atoms with Crippen LogP contribution >= 0.6 is 0 Å². The average Bonchev–Trinajstić information content (AvgIpc) is 2.77. The van der Waals surface area contributed by atoms with Crippen LogP contribution in [0.4, 0.5) is 8.78 Å². The summed E-state index contributed by atoms with van der Waals surface area (Å²) in [5, 5.41) is 0. The van der Waals surface area contributed by atoms with Crippen molar-refractivity contribution < 1.29 is 8.78 Å². The van der Waals surface area contributed by atoms with Crippen LogP contribution < -0.4 is 5.73 Å². The van der Waals surface area contributed by atoms with E-state index in [0.717, 1.165) is 24.8 Å². The molecule has 1 atom stereocenters. The first-order valence-corrected chi connectivity index (χ1v) is 6.84. The molecule has 18 heavy (non-hydrogen) atoms. The topological polar surface area (TPSA) is 26.0 Å². The highest BCUT2D eigenvalue weighted by Gasteiger charge is 2.16. The Hall–Kier alpha value is -0.960. The van der Waals surface area contributed by atoms with Gasteiger partial charge in [-0.3, -0.25) is 0 Å². The van der Waals surface area contributed by atoms with E-state index in [1.165, 1.54) is 37.8 Å². The number of hydrogen-bond acceptors (Lipinski definition) is 1. The Kier molecular flexibility index (Phi) is 4.70. The summed E-state index contributed by atoms with van der Waals surface area (Å²) in [5.74, 6) is -0.221. The normalized spacial score (nSPS) is 18.2. The van der Waals surface area contributed by atoms with E-state index in [2.05, 4.69) is 0 Å². The molecule has 1 aliphatic carbocycles. The van der Waals surface area contributed by atoms with Crippen LogP contribution in [-0.4, -0.2) is 6.04 Å². The standard InChI is InChI=1S/C15H21F2N/c16-13-7-12(8-14(17)10-13)9-15(18)6-5-11-3-1-2-4-11/h7-8,10-11,15H,1-6,9,18H2. The quantitative estimate of drug-likeness (QED) is 0.848. The van der Waals surface area contributed by atoms with Crippen molar-refractivity contribution in [2.75, 3.05) is 0 Å². The van der Waals surface area contributed by atoms with Crippen molar-refractivity contribution in [3.8, 4) is 0 Å². The third kappa shape index (κ3) is 4.05. The molecule has 1 unspecified atom stereocenters. The zero-order valence-electron chi connectivity index (χ0n) is 10.7. The number of hydrogen-bond donors (Lipinski definition) is 1. The fourth-order valence-corrected chi connectivity index (χ4v) is 2.88. The predicted octanol–water partition coefficient (Wildman–Crippen LogP) is 3.81. The van der Waals surface area contributed by atoms with Crippen LogP contribution in [0.5, 0.6) is 0 Å². The van der Waals surface area contributed by atoms with Gasteiger partial charge in [0.05, 0.1) is 0 Å². The van der Waals surface area contributed by atoms with Gasteiger partial charge in [0.2, 0.25) is 0 Å². The molecule has 2 rings (SSSR count). The van der Waals surface area contributed by atoms with Gasteiger partial charge >= 0.3 is 0 Å². The largest absolute Gasteiger partial charge is 0.327 e. The van der Waals surface area contributed by atoms with Crippen LogP contribution in [0.3, 0.4) is 0 Å². The van der Waals surface area contributed by atoms with Crippen LogP contribution in [0, 0.1) is 17.6 Å². The lowest BCUT2D eigenvalue weighted by Crippen LogP contribution is -2.23. The molecule has 1 aromatic carbocycles. The minimum Gasteiger partial charge on any atom is -0.327 e. The predicted molar refractivity (Wildman–Crippen MR) is 69.2 cm³/mol. The first-order valence-electron chi connectivity index (χ1n) is 6.84. The maximum Gasteiger partial charge on any atom is 0.126 e. The van der Waals surface area contributed by atoms with E-state index in [0.29, 0.717) is 12.0 Å². The lowest BCUT2D eigenvalue weighted by atomic mass is 9.95. The molecule has 0 aliphatic heterocycles. The molecule has 1 aliphatic rings. The van der Waals surface area contributed by atoms with Gasteiger partial charge in [-0.1, -0.05) is 25.7 Å². The second-order valence-corrected chi connectivity index (χ2v) is 5.47. The Morgan fingerprint density at radius 2 is 1.72 bits per heavy atom. The number of halogens is 2. The van der Waals surface area contributed by atoms with Gasteiger partial charge in [-0.25, -0.2) is 8.78 Å². The van der Waals surface area contributed by atoms with E-state index >= 15 is 0 Å². The van der Waals surface area contributed by atoms with E-state index in [9.17, 15) is 8.78 Å². The summed E-state index contributed by atoms with van der Waals surface area (Å²) in [4.78, 5) is 0. The van der Waals surface area contributed by atoms with Crippen LogP contribution in [0.2, 0.25) is 0 Å². The summed E-state index contributed by atoms with van der Waals surface area (Å²) in [7, 11) is 0. The molecule has 3 heteroatoms. The van der Waals surface area contributed by atoms with Gasteiger partial charge in [0.15, 0.2) is 0 Å². The summed E-state index contributed by atoms with van der Waals surface area (Å²) < 4.78 is 26.1. The fourth-order valence-electron chi connectivity index (χ4n) is 2.88. The van der Waals surface area contributed by atoms with Crippen molar-refractivity contribution in [2.24, 2.45) is 11.7 Å². The lowest BCUT2D eigenvalue weighted by molar-refractivity contribution is 0.446. The molecule has 0 spiro atoms. The molecule has 2 N–H and O–H groups in total. The summed E-state index contributed by atoms with van der Waals surface area (Å²) in [6, 6.07) is 3.65. The van der Waals surface area contributed by atoms with Gasteiger partial charge in [0, 0.05) is 12.1 Å². The Morgan fingerprint density at radius 1 is 1.11 bits per heavy atom. The number of benzene rings is 1. The summed E-state index contributed by atoms with van der Waals surface area (Å²) >= 11 is 0. The third-order valence-electron chi connectivity index (χ3n) is 3.84. The first-order chi connectivity index (χ1) is 8.63. The summed E-state index contributed by atoms with van der Waals surface area (Å²) in [6.07, 6.45) is 7.98. The first kappa shape index (κ1) is 13.5. The highest BCUT2D eigenvalue weighted by atomic mass is 19.1. The molecular weight excluding hydrogens is 232 g/mol. The Labute approximate surface area is 107 Å². The maximum absolute atomic E-state index is 13.0. The second kappa shape index (κ2) is 6.28. The van der Waals surface area contributed by atoms with Crippen molar-refractivity contribution in [3.05, 3.63) is 35.4 Å². The van der Waals surface area contributed by atoms with E-state index in [1.54, 1.807) is 0 Å². The minimum atomic E-state index is -0.520. The van der Waals surface area contributed by atoms with Crippen LogP contribution in [-0.2, 0) is 6.42 Å².